The van der Waals surface area contributed by atoms with Gasteiger partial charge in [0.1, 0.15) is 6.54 Å². The van der Waals surface area contributed by atoms with E-state index in [1.165, 1.54) is 0 Å². The summed E-state index contributed by atoms with van der Waals surface area (Å²) in [6.07, 6.45) is -3.48. The lowest BCUT2D eigenvalue weighted by Crippen LogP contribution is -2.39. The van der Waals surface area contributed by atoms with E-state index in [0.717, 1.165) is 26.1 Å². The third-order valence-electron chi connectivity index (χ3n) is 2.49. The Labute approximate surface area is 106 Å². The van der Waals surface area contributed by atoms with Crippen LogP contribution < -0.4 is 10.6 Å². The summed E-state index contributed by atoms with van der Waals surface area (Å²) in [6, 6.07) is 0. The van der Waals surface area contributed by atoms with Gasteiger partial charge < -0.3 is 15.5 Å². The third kappa shape index (κ3) is 10.3. The number of halogens is 3. The van der Waals surface area contributed by atoms with Gasteiger partial charge in [-0.15, -0.1) is 0 Å². The van der Waals surface area contributed by atoms with Gasteiger partial charge in [-0.1, -0.05) is 13.8 Å². The first-order valence-corrected chi connectivity index (χ1v) is 6.15. The van der Waals surface area contributed by atoms with Crippen molar-refractivity contribution in [2.75, 3.05) is 39.3 Å². The highest BCUT2D eigenvalue weighted by Crippen LogP contribution is 2.11. The molecule has 0 unspecified atom stereocenters. The van der Waals surface area contributed by atoms with E-state index < -0.39 is 18.6 Å². The zero-order valence-corrected chi connectivity index (χ0v) is 10.9. The van der Waals surface area contributed by atoms with Gasteiger partial charge in [0.15, 0.2) is 0 Å². The van der Waals surface area contributed by atoms with Crippen LogP contribution in [-0.4, -0.2) is 56.3 Å². The first-order chi connectivity index (χ1) is 8.39. The van der Waals surface area contributed by atoms with Crippen molar-refractivity contribution in [2.24, 2.45) is 0 Å². The number of hydrogen-bond acceptors (Lipinski definition) is 3. The summed E-state index contributed by atoms with van der Waals surface area (Å²) in [7, 11) is 0. The fraction of sp³-hybridized carbons (Fsp3) is 0.909. The Bertz CT molecular complexity index is 230. The summed E-state index contributed by atoms with van der Waals surface area (Å²) in [6.45, 7) is 6.29. The molecular weight excluding hydrogens is 247 g/mol. The molecule has 0 aliphatic carbocycles. The van der Waals surface area contributed by atoms with Crippen molar-refractivity contribution in [3.8, 4) is 0 Å². The Kier molecular flexibility index (Phi) is 8.74. The predicted octanol–water partition coefficient (Wildman–Crippen LogP) is 0.986. The van der Waals surface area contributed by atoms with Crippen molar-refractivity contribution >= 4 is 5.91 Å². The molecule has 1 amide bonds. The lowest BCUT2D eigenvalue weighted by Gasteiger charge is -2.17. The van der Waals surface area contributed by atoms with E-state index >= 15 is 0 Å². The minimum atomic E-state index is -4.35. The van der Waals surface area contributed by atoms with E-state index in [2.05, 4.69) is 24.1 Å². The predicted molar refractivity (Wildman–Crippen MR) is 64.3 cm³/mol. The Morgan fingerprint density at radius 3 is 2.33 bits per heavy atom. The number of carbonyl (C=O) groups is 1. The maximum absolute atomic E-state index is 11.8. The molecule has 0 rings (SSSR count). The summed E-state index contributed by atoms with van der Waals surface area (Å²) in [4.78, 5) is 13.3. The minimum absolute atomic E-state index is 0.0751. The van der Waals surface area contributed by atoms with Crippen LogP contribution in [0.15, 0.2) is 0 Å². The lowest BCUT2D eigenvalue weighted by atomic mass is 10.3. The van der Waals surface area contributed by atoms with Gasteiger partial charge >= 0.3 is 6.18 Å². The van der Waals surface area contributed by atoms with Crippen LogP contribution in [0.5, 0.6) is 0 Å². The second-order valence-electron chi connectivity index (χ2n) is 3.95. The van der Waals surface area contributed by atoms with Crippen molar-refractivity contribution in [3.05, 3.63) is 0 Å². The highest BCUT2D eigenvalue weighted by atomic mass is 19.4. The smallest absolute Gasteiger partial charge is 0.346 e. The van der Waals surface area contributed by atoms with Gasteiger partial charge in [0.2, 0.25) is 5.91 Å². The van der Waals surface area contributed by atoms with Crippen molar-refractivity contribution in [1.29, 1.82) is 0 Å². The molecule has 0 saturated carbocycles. The molecule has 108 valence electrons. The molecule has 0 saturated heterocycles. The van der Waals surface area contributed by atoms with Gasteiger partial charge in [0.25, 0.3) is 0 Å². The van der Waals surface area contributed by atoms with E-state index in [9.17, 15) is 18.0 Å². The normalized spacial score (nSPS) is 11.9. The van der Waals surface area contributed by atoms with Gasteiger partial charge in [-0.2, -0.15) is 13.2 Å². The average Bonchev–Trinajstić information content (AvgIpc) is 2.30. The molecule has 0 aliphatic rings. The second kappa shape index (κ2) is 9.16. The van der Waals surface area contributed by atoms with Gasteiger partial charge in [-0.25, -0.2) is 0 Å². The van der Waals surface area contributed by atoms with Gasteiger partial charge in [-0.05, 0) is 32.6 Å². The number of carbonyl (C=O) groups excluding carboxylic acids is 1. The second-order valence-corrected chi connectivity index (χ2v) is 3.95. The third-order valence-corrected chi connectivity index (χ3v) is 2.49. The molecule has 2 N–H and O–H groups in total. The largest absolute Gasteiger partial charge is 0.405 e. The molecule has 0 bridgehead atoms. The van der Waals surface area contributed by atoms with E-state index in [1.807, 2.05) is 5.32 Å². The molecule has 7 heteroatoms. The fourth-order valence-corrected chi connectivity index (χ4v) is 1.43. The van der Waals surface area contributed by atoms with Gasteiger partial charge in [0, 0.05) is 0 Å². The van der Waals surface area contributed by atoms with Crippen LogP contribution in [0.25, 0.3) is 0 Å². The lowest BCUT2D eigenvalue weighted by molar-refractivity contribution is -0.137. The zero-order chi connectivity index (χ0) is 14.0. The van der Waals surface area contributed by atoms with Crippen LogP contribution in [0.1, 0.15) is 20.3 Å². The van der Waals surface area contributed by atoms with Gasteiger partial charge in [-0.3, -0.25) is 4.79 Å². The molecule has 4 nitrogen and oxygen atoms in total. The van der Waals surface area contributed by atoms with Crippen LogP contribution in [0.2, 0.25) is 0 Å². The van der Waals surface area contributed by atoms with Crippen molar-refractivity contribution < 1.29 is 18.0 Å². The summed E-state index contributed by atoms with van der Waals surface area (Å²) in [5.41, 5.74) is 0. The number of hydrogen-bond donors (Lipinski definition) is 2. The Morgan fingerprint density at radius 2 is 1.83 bits per heavy atom. The summed E-state index contributed by atoms with van der Waals surface area (Å²) in [5.74, 6) is -0.629. The van der Waals surface area contributed by atoms with E-state index in [-0.39, 0.29) is 6.54 Å². The molecule has 0 aromatic heterocycles. The highest BCUT2D eigenvalue weighted by Gasteiger charge is 2.27. The van der Waals surface area contributed by atoms with Crippen LogP contribution in [0.3, 0.4) is 0 Å². The molecule has 0 fully saturated rings. The Balaban J connectivity index is 3.46. The molecular formula is C11H22F3N3O. The minimum Gasteiger partial charge on any atom is -0.346 e. The van der Waals surface area contributed by atoms with Gasteiger partial charge in [0.05, 0.1) is 6.54 Å². The first kappa shape index (κ1) is 17.2. The number of amides is 1. The van der Waals surface area contributed by atoms with E-state index in [4.69, 9.17) is 0 Å². The van der Waals surface area contributed by atoms with Crippen LogP contribution in [0.4, 0.5) is 13.2 Å². The van der Waals surface area contributed by atoms with Crippen LogP contribution >= 0.6 is 0 Å². The van der Waals surface area contributed by atoms with Crippen molar-refractivity contribution in [1.82, 2.24) is 15.5 Å². The zero-order valence-electron chi connectivity index (χ0n) is 10.9. The molecule has 0 atom stereocenters. The molecule has 0 aromatic carbocycles. The Morgan fingerprint density at radius 1 is 1.22 bits per heavy atom. The topological polar surface area (TPSA) is 44.4 Å². The summed E-state index contributed by atoms with van der Waals surface area (Å²) in [5, 5.41) is 4.63. The summed E-state index contributed by atoms with van der Waals surface area (Å²) >= 11 is 0. The number of alkyl halides is 3. The SMILES string of the molecule is CCN(CC)CCCNCC(=O)NCC(F)(F)F. The average molecular weight is 269 g/mol. The maximum atomic E-state index is 11.8. The molecule has 0 spiro atoms. The molecule has 0 heterocycles. The van der Waals surface area contributed by atoms with E-state index in [1.54, 1.807) is 0 Å². The number of nitrogens with zero attached hydrogens (tertiary/aromatic N) is 1. The molecule has 0 aliphatic heterocycles. The molecule has 18 heavy (non-hydrogen) atoms. The fourth-order valence-electron chi connectivity index (χ4n) is 1.43. The maximum Gasteiger partial charge on any atom is 0.405 e. The van der Waals surface area contributed by atoms with Crippen LogP contribution in [-0.2, 0) is 4.79 Å². The number of nitrogens with one attached hydrogen (secondary N) is 2. The summed E-state index contributed by atoms with van der Waals surface area (Å²) < 4.78 is 35.4. The van der Waals surface area contributed by atoms with Crippen molar-refractivity contribution in [2.45, 2.75) is 26.4 Å². The first-order valence-electron chi connectivity index (χ1n) is 6.15. The Hall–Kier alpha value is -0.820. The van der Waals surface area contributed by atoms with Crippen LogP contribution in [0, 0.1) is 0 Å². The quantitative estimate of drug-likeness (QED) is 0.613. The monoisotopic (exact) mass is 269 g/mol. The van der Waals surface area contributed by atoms with Crippen molar-refractivity contribution in [3.63, 3.8) is 0 Å². The highest BCUT2D eigenvalue weighted by molar-refractivity contribution is 5.77. The van der Waals surface area contributed by atoms with E-state index in [0.29, 0.717) is 6.54 Å². The standard InChI is InChI=1S/C11H22F3N3O/c1-3-17(4-2)7-5-6-15-8-10(18)16-9-11(12,13)14/h15H,3-9H2,1-2H3,(H,16,18). The molecule has 0 aromatic rings. The molecule has 0 radical (unpaired) electrons. The number of rotatable bonds is 9.